The van der Waals surface area contributed by atoms with Crippen molar-refractivity contribution in [1.82, 2.24) is 10.6 Å². The summed E-state index contributed by atoms with van der Waals surface area (Å²) >= 11 is 0. The fourth-order valence-corrected chi connectivity index (χ4v) is 2.33. The van der Waals surface area contributed by atoms with Gasteiger partial charge in [-0.05, 0) is 12.8 Å². The lowest BCUT2D eigenvalue weighted by molar-refractivity contribution is -0.119. The molecule has 3 atom stereocenters. The van der Waals surface area contributed by atoms with Gasteiger partial charge in [-0.1, -0.05) is 12.8 Å². The van der Waals surface area contributed by atoms with Crippen LogP contribution in [-0.4, -0.2) is 35.7 Å². The average Bonchev–Trinajstić information content (AvgIpc) is 2.56. The summed E-state index contributed by atoms with van der Waals surface area (Å²) in [6.45, 7) is 0.710. The zero-order valence-electron chi connectivity index (χ0n) is 8.33. The molecule has 14 heavy (non-hydrogen) atoms. The van der Waals surface area contributed by atoms with Gasteiger partial charge in [0.25, 0.3) is 0 Å². The van der Waals surface area contributed by atoms with Crippen molar-refractivity contribution in [2.75, 3.05) is 6.54 Å². The SMILES string of the molecule is O=C1CC(N[C@H]2CCCC[C@@H]2O)CN1. The van der Waals surface area contributed by atoms with Crippen LogP contribution in [0.25, 0.3) is 0 Å². The van der Waals surface area contributed by atoms with E-state index < -0.39 is 0 Å². The Labute approximate surface area is 84.1 Å². The van der Waals surface area contributed by atoms with Gasteiger partial charge in [-0.15, -0.1) is 0 Å². The number of carbonyl (C=O) groups is 1. The van der Waals surface area contributed by atoms with Gasteiger partial charge in [0.2, 0.25) is 5.91 Å². The molecule has 4 nitrogen and oxygen atoms in total. The lowest BCUT2D eigenvalue weighted by atomic mass is 9.92. The molecule has 0 aromatic carbocycles. The molecule has 0 aromatic heterocycles. The van der Waals surface area contributed by atoms with Crippen molar-refractivity contribution in [2.24, 2.45) is 0 Å². The number of amides is 1. The molecular formula is C10H18N2O2. The minimum absolute atomic E-state index is 0.118. The highest BCUT2D eigenvalue weighted by Crippen LogP contribution is 2.19. The molecule has 0 bridgehead atoms. The van der Waals surface area contributed by atoms with Gasteiger partial charge in [-0.3, -0.25) is 4.79 Å². The number of rotatable bonds is 2. The van der Waals surface area contributed by atoms with Crippen molar-refractivity contribution < 1.29 is 9.90 Å². The van der Waals surface area contributed by atoms with E-state index in [1.807, 2.05) is 0 Å². The van der Waals surface area contributed by atoms with Crippen LogP contribution >= 0.6 is 0 Å². The average molecular weight is 198 g/mol. The first-order chi connectivity index (χ1) is 6.75. The molecule has 1 unspecified atom stereocenters. The van der Waals surface area contributed by atoms with Gasteiger partial charge in [0.05, 0.1) is 6.10 Å². The monoisotopic (exact) mass is 198 g/mol. The lowest BCUT2D eigenvalue weighted by Gasteiger charge is -2.30. The summed E-state index contributed by atoms with van der Waals surface area (Å²) < 4.78 is 0. The second-order valence-electron chi connectivity index (χ2n) is 4.33. The maximum absolute atomic E-state index is 11.0. The summed E-state index contributed by atoms with van der Waals surface area (Å²) in [4.78, 5) is 11.0. The summed E-state index contributed by atoms with van der Waals surface area (Å²) in [7, 11) is 0. The van der Waals surface area contributed by atoms with E-state index in [1.165, 1.54) is 6.42 Å². The third-order valence-corrected chi connectivity index (χ3v) is 3.16. The third-order valence-electron chi connectivity index (χ3n) is 3.16. The summed E-state index contributed by atoms with van der Waals surface area (Å²) in [6.07, 6.45) is 4.57. The molecule has 0 spiro atoms. The highest BCUT2D eigenvalue weighted by atomic mass is 16.3. The predicted molar refractivity (Wildman–Crippen MR) is 52.8 cm³/mol. The fraction of sp³-hybridized carbons (Fsp3) is 0.900. The molecule has 2 fully saturated rings. The number of aliphatic hydroxyl groups excluding tert-OH is 1. The van der Waals surface area contributed by atoms with Gasteiger partial charge in [0.15, 0.2) is 0 Å². The van der Waals surface area contributed by atoms with Gasteiger partial charge >= 0.3 is 0 Å². The van der Waals surface area contributed by atoms with Gasteiger partial charge in [-0.2, -0.15) is 0 Å². The zero-order valence-corrected chi connectivity index (χ0v) is 8.33. The third kappa shape index (κ3) is 2.25. The van der Waals surface area contributed by atoms with Gasteiger partial charge < -0.3 is 15.7 Å². The van der Waals surface area contributed by atoms with Crippen LogP contribution in [0.5, 0.6) is 0 Å². The number of hydrogen-bond donors (Lipinski definition) is 3. The van der Waals surface area contributed by atoms with E-state index >= 15 is 0 Å². The highest BCUT2D eigenvalue weighted by molar-refractivity contribution is 5.78. The largest absolute Gasteiger partial charge is 0.392 e. The maximum Gasteiger partial charge on any atom is 0.221 e. The Morgan fingerprint density at radius 2 is 2.14 bits per heavy atom. The summed E-state index contributed by atoms with van der Waals surface area (Å²) in [5, 5.41) is 15.9. The minimum atomic E-state index is -0.223. The van der Waals surface area contributed by atoms with Crippen LogP contribution < -0.4 is 10.6 Å². The van der Waals surface area contributed by atoms with Crippen LogP contribution in [0.1, 0.15) is 32.1 Å². The smallest absolute Gasteiger partial charge is 0.221 e. The molecule has 3 N–H and O–H groups in total. The highest BCUT2D eigenvalue weighted by Gasteiger charge is 2.28. The Hall–Kier alpha value is -0.610. The first-order valence-corrected chi connectivity index (χ1v) is 5.46. The molecule has 80 valence electrons. The normalized spacial score (nSPS) is 38.4. The molecule has 1 saturated carbocycles. The summed E-state index contributed by atoms with van der Waals surface area (Å²) in [6, 6.07) is 0.418. The molecule has 2 rings (SSSR count). The van der Waals surface area contributed by atoms with E-state index in [0.29, 0.717) is 13.0 Å². The molecule has 1 aliphatic heterocycles. The van der Waals surface area contributed by atoms with Crippen LogP contribution in [0.3, 0.4) is 0 Å². The van der Waals surface area contributed by atoms with E-state index in [9.17, 15) is 9.90 Å². The quantitative estimate of drug-likeness (QED) is 0.574. The number of hydrogen-bond acceptors (Lipinski definition) is 3. The molecule has 1 heterocycles. The predicted octanol–water partition coefficient (Wildman–Crippen LogP) is -0.232. The minimum Gasteiger partial charge on any atom is -0.392 e. The van der Waals surface area contributed by atoms with Crippen molar-refractivity contribution >= 4 is 5.91 Å². The van der Waals surface area contributed by atoms with Crippen molar-refractivity contribution in [3.05, 3.63) is 0 Å². The van der Waals surface area contributed by atoms with E-state index in [2.05, 4.69) is 10.6 Å². The topological polar surface area (TPSA) is 61.4 Å². The standard InChI is InChI=1S/C10H18N2O2/c13-9-4-2-1-3-8(9)12-7-5-10(14)11-6-7/h7-9,12-13H,1-6H2,(H,11,14)/t7?,8-,9-/m0/s1. The molecule has 0 aromatic rings. The van der Waals surface area contributed by atoms with Crippen LogP contribution in [0.4, 0.5) is 0 Å². The molecule has 2 aliphatic rings. The van der Waals surface area contributed by atoms with Crippen molar-refractivity contribution in [2.45, 2.75) is 50.3 Å². The van der Waals surface area contributed by atoms with Crippen molar-refractivity contribution in [1.29, 1.82) is 0 Å². The van der Waals surface area contributed by atoms with E-state index in [4.69, 9.17) is 0 Å². The van der Waals surface area contributed by atoms with E-state index in [-0.39, 0.29) is 24.1 Å². The number of nitrogens with one attached hydrogen (secondary N) is 2. The second kappa shape index (κ2) is 4.28. The number of carbonyl (C=O) groups excluding carboxylic acids is 1. The molecule has 0 radical (unpaired) electrons. The summed E-state index contributed by atoms with van der Waals surface area (Å²) in [5.41, 5.74) is 0. The molecule has 4 heteroatoms. The molecular weight excluding hydrogens is 180 g/mol. The summed E-state index contributed by atoms with van der Waals surface area (Å²) in [5.74, 6) is 0.118. The van der Waals surface area contributed by atoms with Crippen molar-refractivity contribution in [3.63, 3.8) is 0 Å². The van der Waals surface area contributed by atoms with E-state index in [1.54, 1.807) is 0 Å². The van der Waals surface area contributed by atoms with E-state index in [0.717, 1.165) is 19.3 Å². The fourth-order valence-electron chi connectivity index (χ4n) is 2.33. The second-order valence-corrected chi connectivity index (χ2v) is 4.33. The van der Waals surface area contributed by atoms with Crippen LogP contribution in [0.15, 0.2) is 0 Å². The van der Waals surface area contributed by atoms with Crippen LogP contribution in [0, 0.1) is 0 Å². The Kier molecular flexibility index (Phi) is 3.03. The molecule has 1 aliphatic carbocycles. The number of aliphatic hydroxyl groups is 1. The van der Waals surface area contributed by atoms with Gasteiger partial charge in [0.1, 0.15) is 0 Å². The van der Waals surface area contributed by atoms with Crippen LogP contribution in [-0.2, 0) is 4.79 Å². The molecule has 1 saturated heterocycles. The molecule has 1 amide bonds. The zero-order chi connectivity index (χ0) is 9.97. The lowest BCUT2D eigenvalue weighted by Crippen LogP contribution is -2.47. The van der Waals surface area contributed by atoms with Gasteiger partial charge in [0, 0.05) is 25.0 Å². The maximum atomic E-state index is 11.0. The van der Waals surface area contributed by atoms with Crippen LogP contribution in [0.2, 0.25) is 0 Å². The first-order valence-electron chi connectivity index (χ1n) is 5.46. The Morgan fingerprint density at radius 3 is 2.79 bits per heavy atom. The Bertz CT molecular complexity index is 220. The van der Waals surface area contributed by atoms with Crippen molar-refractivity contribution in [3.8, 4) is 0 Å². The first kappa shape index (κ1) is 9.93. The van der Waals surface area contributed by atoms with Gasteiger partial charge in [-0.25, -0.2) is 0 Å². The Balaban J connectivity index is 1.81. The Morgan fingerprint density at radius 1 is 1.36 bits per heavy atom.